The Morgan fingerprint density at radius 2 is 1.83 bits per heavy atom. The predicted molar refractivity (Wildman–Crippen MR) is 48.9 cm³/mol. The minimum absolute atomic E-state index is 0.0186. The van der Waals surface area contributed by atoms with Gasteiger partial charge in [-0.1, -0.05) is 25.6 Å². The second kappa shape index (κ2) is 5.19. The molecule has 0 saturated carbocycles. The van der Waals surface area contributed by atoms with Gasteiger partial charge in [-0.3, -0.25) is 9.59 Å². The first kappa shape index (κ1) is 11.5. The fourth-order valence-electron chi connectivity index (χ4n) is 0.741. The second-order valence-electron chi connectivity index (χ2n) is 2.63. The van der Waals surface area contributed by atoms with E-state index in [1.807, 2.05) is 6.92 Å². The van der Waals surface area contributed by atoms with E-state index in [4.69, 9.17) is 0 Å². The molecule has 0 radical (unpaired) electrons. The van der Waals surface area contributed by atoms with Crippen LogP contribution in [-0.4, -0.2) is 23.4 Å². The normalized spacial score (nSPS) is 15.0. The zero-order valence-corrected chi connectivity index (χ0v) is 8.60. The maximum Gasteiger partial charge on any atom is 0.309 e. The van der Waals surface area contributed by atoms with E-state index < -0.39 is 0 Å². The molecular weight excluding hydrogens is 176 g/mol. The number of esters is 1. The van der Waals surface area contributed by atoms with Gasteiger partial charge < -0.3 is 4.74 Å². The lowest BCUT2D eigenvalue weighted by Gasteiger charge is -2.14. The molecule has 0 rings (SSSR count). The van der Waals surface area contributed by atoms with Crippen LogP contribution in [0.15, 0.2) is 0 Å². The van der Waals surface area contributed by atoms with Crippen molar-refractivity contribution in [2.45, 2.75) is 26.0 Å². The van der Waals surface area contributed by atoms with E-state index in [1.54, 1.807) is 6.92 Å². The van der Waals surface area contributed by atoms with E-state index in [-0.39, 0.29) is 22.3 Å². The number of ether oxygens (including phenoxy) is 1. The second-order valence-corrected chi connectivity index (χ2v) is 4.18. The van der Waals surface area contributed by atoms with Gasteiger partial charge in [-0.15, -0.1) is 0 Å². The molecule has 0 saturated heterocycles. The fourth-order valence-corrected chi connectivity index (χ4v) is 1.58. The highest BCUT2D eigenvalue weighted by atomic mass is 32.2. The van der Waals surface area contributed by atoms with Crippen LogP contribution >= 0.6 is 11.8 Å². The summed E-state index contributed by atoms with van der Waals surface area (Å²) in [5, 5.41) is 0.00760. The summed E-state index contributed by atoms with van der Waals surface area (Å²) < 4.78 is 4.55. The molecule has 0 aliphatic heterocycles. The first-order valence-corrected chi connectivity index (χ1v) is 4.62. The van der Waals surface area contributed by atoms with E-state index in [0.717, 1.165) is 0 Å². The van der Waals surface area contributed by atoms with Gasteiger partial charge >= 0.3 is 5.97 Å². The van der Waals surface area contributed by atoms with Crippen molar-refractivity contribution in [1.82, 2.24) is 0 Å². The Kier molecular flexibility index (Phi) is 4.97. The van der Waals surface area contributed by atoms with Crippen LogP contribution < -0.4 is 0 Å². The fraction of sp³-hybridized carbons (Fsp3) is 0.750. The molecule has 0 aliphatic rings. The van der Waals surface area contributed by atoms with Crippen molar-refractivity contribution < 1.29 is 14.3 Å². The van der Waals surface area contributed by atoms with Crippen LogP contribution in [0.25, 0.3) is 0 Å². The van der Waals surface area contributed by atoms with E-state index in [9.17, 15) is 9.59 Å². The van der Waals surface area contributed by atoms with Gasteiger partial charge in [0.05, 0.1) is 13.0 Å². The number of rotatable bonds is 3. The summed E-state index contributed by atoms with van der Waals surface area (Å²) in [6, 6.07) is 0. The van der Waals surface area contributed by atoms with Crippen molar-refractivity contribution in [3.8, 4) is 0 Å². The number of methoxy groups -OCH3 is 1. The third-order valence-electron chi connectivity index (χ3n) is 1.63. The van der Waals surface area contributed by atoms with Crippen molar-refractivity contribution in [3.63, 3.8) is 0 Å². The van der Waals surface area contributed by atoms with E-state index in [0.29, 0.717) is 0 Å². The highest BCUT2D eigenvalue weighted by Crippen LogP contribution is 2.20. The molecule has 0 aromatic rings. The summed E-state index contributed by atoms with van der Waals surface area (Å²) in [5.41, 5.74) is 0. The average molecular weight is 190 g/mol. The van der Waals surface area contributed by atoms with Crippen LogP contribution in [0.3, 0.4) is 0 Å². The summed E-state index contributed by atoms with van der Waals surface area (Å²) in [4.78, 5) is 21.7. The van der Waals surface area contributed by atoms with Crippen molar-refractivity contribution in [1.29, 1.82) is 0 Å². The molecule has 0 amide bonds. The summed E-state index contributed by atoms with van der Waals surface area (Å²) in [5.74, 6) is -0.500. The standard InChI is InChI=1S/C8H14O3S/c1-5(8(10)11-4)6(2)12-7(3)9/h5-6H,1-4H3/t5-,6+/m1/s1. The van der Waals surface area contributed by atoms with Gasteiger partial charge in [0.25, 0.3) is 0 Å². The van der Waals surface area contributed by atoms with E-state index >= 15 is 0 Å². The Morgan fingerprint density at radius 3 is 2.17 bits per heavy atom. The Labute approximate surface area is 76.9 Å². The minimum atomic E-state index is -0.267. The molecule has 4 heteroatoms. The molecule has 3 nitrogen and oxygen atoms in total. The lowest BCUT2D eigenvalue weighted by molar-refractivity contribution is -0.144. The van der Waals surface area contributed by atoms with E-state index in [1.165, 1.54) is 25.8 Å². The smallest absolute Gasteiger partial charge is 0.309 e. The Balaban J connectivity index is 4.00. The highest BCUT2D eigenvalue weighted by Gasteiger charge is 2.22. The number of carbonyl (C=O) groups excluding carboxylic acids is 2. The topological polar surface area (TPSA) is 43.4 Å². The van der Waals surface area contributed by atoms with Crippen molar-refractivity contribution >= 4 is 22.8 Å². The number of carbonyl (C=O) groups is 2. The Morgan fingerprint density at radius 1 is 1.33 bits per heavy atom. The lowest BCUT2D eigenvalue weighted by atomic mass is 10.1. The van der Waals surface area contributed by atoms with Gasteiger partial charge in [0.1, 0.15) is 0 Å². The molecule has 0 N–H and O–H groups in total. The largest absolute Gasteiger partial charge is 0.469 e. The van der Waals surface area contributed by atoms with Gasteiger partial charge in [-0.2, -0.15) is 0 Å². The van der Waals surface area contributed by atoms with Crippen LogP contribution in [0.4, 0.5) is 0 Å². The Bertz CT molecular complexity index is 179. The summed E-state index contributed by atoms with van der Waals surface area (Å²) in [6.45, 7) is 5.09. The molecular formula is C8H14O3S. The number of hydrogen-bond donors (Lipinski definition) is 0. The monoisotopic (exact) mass is 190 g/mol. The number of thioether (sulfide) groups is 1. The molecule has 0 bridgehead atoms. The minimum Gasteiger partial charge on any atom is -0.469 e. The maximum atomic E-state index is 11.0. The Hall–Kier alpha value is -0.510. The first-order chi connectivity index (χ1) is 5.49. The molecule has 70 valence electrons. The molecule has 0 spiro atoms. The highest BCUT2D eigenvalue weighted by molar-refractivity contribution is 8.14. The van der Waals surface area contributed by atoms with Crippen LogP contribution in [-0.2, 0) is 14.3 Å². The van der Waals surface area contributed by atoms with Crippen LogP contribution in [0.1, 0.15) is 20.8 Å². The predicted octanol–water partition coefficient (Wildman–Crippen LogP) is 1.46. The zero-order valence-electron chi connectivity index (χ0n) is 7.79. The van der Waals surface area contributed by atoms with Gasteiger partial charge in [-0.25, -0.2) is 0 Å². The van der Waals surface area contributed by atoms with E-state index in [2.05, 4.69) is 4.74 Å². The van der Waals surface area contributed by atoms with Gasteiger partial charge in [0.2, 0.25) is 0 Å². The molecule has 0 heterocycles. The van der Waals surface area contributed by atoms with Gasteiger partial charge in [-0.05, 0) is 0 Å². The van der Waals surface area contributed by atoms with Crippen LogP contribution in [0.5, 0.6) is 0 Å². The molecule has 0 fully saturated rings. The molecule has 12 heavy (non-hydrogen) atoms. The maximum absolute atomic E-state index is 11.0. The van der Waals surface area contributed by atoms with Crippen LogP contribution in [0, 0.1) is 5.92 Å². The number of hydrogen-bond acceptors (Lipinski definition) is 4. The summed E-state index contributed by atoms with van der Waals surface area (Å²) in [6.07, 6.45) is 0. The van der Waals surface area contributed by atoms with Crippen molar-refractivity contribution in [2.24, 2.45) is 5.92 Å². The molecule has 0 aromatic carbocycles. The molecule has 0 unspecified atom stereocenters. The SMILES string of the molecule is COC(=O)[C@H](C)[C@H](C)SC(C)=O. The summed E-state index contributed by atoms with van der Waals surface area (Å²) >= 11 is 1.17. The third-order valence-corrected chi connectivity index (χ3v) is 2.74. The van der Waals surface area contributed by atoms with Crippen molar-refractivity contribution in [2.75, 3.05) is 7.11 Å². The van der Waals surface area contributed by atoms with Crippen LogP contribution in [0.2, 0.25) is 0 Å². The molecule has 2 atom stereocenters. The average Bonchev–Trinajstić information content (AvgIpc) is 2.00. The summed E-state index contributed by atoms with van der Waals surface area (Å²) in [7, 11) is 1.35. The van der Waals surface area contributed by atoms with Gasteiger partial charge in [0, 0.05) is 12.2 Å². The third kappa shape index (κ3) is 3.76. The quantitative estimate of drug-likeness (QED) is 0.632. The molecule has 0 aromatic heterocycles. The molecule has 0 aliphatic carbocycles. The van der Waals surface area contributed by atoms with Gasteiger partial charge in [0.15, 0.2) is 5.12 Å². The van der Waals surface area contributed by atoms with Crippen molar-refractivity contribution in [3.05, 3.63) is 0 Å². The lowest BCUT2D eigenvalue weighted by Crippen LogP contribution is -2.22. The first-order valence-electron chi connectivity index (χ1n) is 3.74. The zero-order chi connectivity index (χ0) is 9.72.